The topological polar surface area (TPSA) is 55.8 Å². The van der Waals surface area contributed by atoms with Gasteiger partial charge < -0.3 is 14.6 Å². The summed E-state index contributed by atoms with van der Waals surface area (Å²) < 4.78 is 10.9. The maximum atomic E-state index is 11.0. The van der Waals surface area contributed by atoms with E-state index in [9.17, 15) is 4.79 Å². The molecule has 1 N–H and O–H groups in total. The Hall–Kier alpha value is -3.11. The monoisotopic (exact) mass is 348 g/mol. The molecule has 0 bridgehead atoms. The highest BCUT2D eigenvalue weighted by Crippen LogP contribution is 2.24. The van der Waals surface area contributed by atoms with Crippen LogP contribution in [0.1, 0.15) is 21.5 Å². The molecule has 0 amide bonds. The largest absolute Gasteiger partial charge is 0.489 e. The van der Waals surface area contributed by atoms with E-state index >= 15 is 0 Å². The lowest BCUT2D eigenvalue weighted by Gasteiger charge is -2.09. The molecule has 132 valence electrons. The molecule has 0 radical (unpaired) electrons. The Kier molecular flexibility index (Phi) is 5.66. The number of aromatic carboxylic acids is 1. The van der Waals surface area contributed by atoms with E-state index < -0.39 is 5.97 Å². The van der Waals surface area contributed by atoms with Crippen LogP contribution in [0.5, 0.6) is 5.75 Å². The first-order chi connectivity index (χ1) is 12.7. The molecular weight excluding hydrogens is 328 g/mol. The highest BCUT2D eigenvalue weighted by molar-refractivity contribution is 5.87. The third kappa shape index (κ3) is 4.49. The van der Waals surface area contributed by atoms with Gasteiger partial charge in [0.2, 0.25) is 0 Å². The molecular formula is C22H20O4. The summed E-state index contributed by atoms with van der Waals surface area (Å²) in [4.78, 5) is 11.0. The smallest absolute Gasteiger partial charge is 0.335 e. The van der Waals surface area contributed by atoms with Crippen LogP contribution in [0.2, 0.25) is 0 Å². The highest BCUT2D eigenvalue weighted by atomic mass is 16.5. The molecule has 0 aliphatic rings. The Balaban J connectivity index is 1.67. The van der Waals surface area contributed by atoms with Gasteiger partial charge >= 0.3 is 5.97 Å². The van der Waals surface area contributed by atoms with Crippen LogP contribution in [0.25, 0.3) is 11.1 Å². The van der Waals surface area contributed by atoms with Crippen LogP contribution in [0, 0.1) is 0 Å². The molecule has 3 rings (SSSR count). The predicted molar refractivity (Wildman–Crippen MR) is 100 cm³/mol. The normalized spacial score (nSPS) is 10.5. The summed E-state index contributed by atoms with van der Waals surface area (Å²) in [5, 5.41) is 9.04. The molecule has 26 heavy (non-hydrogen) atoms. The summed E-state index contributed by atoms with van der Waals surface area (Å²) in [7, 11) is 1.69. The molecule has 3 aromatic carbocycles. The Morgan fingerprint density at radius 1 is 0.846 bits per heavy atom. The van der Waals surface area contributed by atoms with Crippen molar-refractivity contribution in [1.82, 2.24) is 0 Å². The standard InChI is InChI=1S/C22H20O4/c1-25-14-16-4-2-6-19(12-16)18-8-10-21(11-9-18)26-15-17-5-3-7-20(13-17)22(23)24/h2-13H,14-15H2,1H3,(H,23,24). The van der Waals surface area contributed by atoms with Crippen LogP contribution in [0.4, 0.5) is 0 Å². The summed E-state index contributed by atoms with van der Waals surface area (Å²) in [6.07, 6.45) is 0. The lowest BCUT2D eigenvalue weighted by Crippen LogP contribution is -2.00. The number of carbonyl (C=O) groups is 1. The van der Waals surface area contributed by atoms with Gasteiger partial charge in [-0.3, -0.25) is 0 Å². The van der Waals surface area contributed by atoms with Crippen molar-refractivity contribution < 1.29 is 19.4 Å². The van der Waals surface area contributed by atoms with Gasteiger partial charge in [-0.25, -0.2) is 4.79 Å². The number of carboxylic acid groups (broad SMARTS) is 1. The molecule has 0 spiro atoms. The first-order valence-corrected chi connectivity index (χ1v) is 8.29. The molecule has 0 unspecified atom stereocenters. The highest BCUT2D eigenvalue weighted by Gasteiger charge is 2.04. The molecule has 0 aliphatic carbocycles. The van der Waals surface area contributed by atoms with E-state index in [1.165, 1.54) is 0 Å². The lowest BCUT2D eigenvalue weighted by molar-refractivity contribution is 0.0696. The molecule has 0 aliphatic heterocycles. The number of rotatable bonds is 7. The van der Waals surface area contributed by atoms with Gasteiger partial charge in [0.05, 0.1) is 12.2 Å². The van der Waals surface area contributed by atoms with Gasteiger partial charge in [-0.1, -0.05) is 42.5 Å². The Morgan fingerprint density at radius 2 is 1.54 bits per heavy atom. The Labute approximate surface area is 152 Å². The summed E-state index contributed by atoms with van der Waals surface area (Å²) in [6.45, 7) is 0.911. The molecule has 0 saturated carbocycles. The van der Waals surface area contributed by atoms with Crippen LogP contribution in [0.3, 0.4) is 0 Å². The number of benzene rings is 3. The van der Waals surface area contributed by atoms with Crippen molar-refractivity contribution in [2.75, 3.05) is 7.11 Å². The van der Waals surface area contributed by atoms with E-state index in [1.54, 1.807) is 25.3 Å². The molecule has 4 nitrogen and oxygen atoms in total. The Bertz CT molecular complexity index is 885. The fourth-order valence-electron chi connectivity index (χ4n) is 2.71. The predicted octanol–water partition coefficient (Wildman–Crippen LogP) is 4.78. The lowest BCUT2D eigenvalue weighted by atomic mass is 10.0. The molecule has 0 heterocycles. The second-order valence-corrected chi connectivity index (χ2v) is 5.95. The SMILES string of the molecule is COCc1cccc(-c2ccc(OCc3cccc(C(=O)O)c3)cc2)c1. The summed E-state index contributed by atoms with van der Waals surface area (Å²) in [6, 6.07) is 22.8. The van der Waals surface area contributed by atoms with E-state index in [0.717, 1.165) is 28.0 Å². The summed E-state index contributed by atoms with van der Waals surface area (Å²) in [5.74, 6) is -0.200. The number of hydrogen-bond acceptors (Lipinski definition) is 3. The third-order valence-electron chi connectivity index (χ3n) is 4.01. The van der Waals surface area contributed by atoms with Gasteiger partial charge in [0.15, 0.2) is 0 Å². The first-order valence-electron chi connectivity index (χ1n) is 8.29. The number of methoxy groups -OCH3 is 1. The van der Waals surface area contributed by atoms with E-state index in [2.05, 4.69) is 12.1 Å². The number of carboxylic acids is 1. The second-order valence-electron chi connectivity index (χ2n) is 5.95. The minimum absolute atomic E-state index is 0.261. The zero-order valence-electron chi connectivity index (χ0n) is 14.5. The van der Waals surface area contributed by atoms with E-state index in [4.69, 9.17) is 14.6 Å². The van der Waals surface area contributed by atoms with Gasteiger partial charge in [-0.05, 0) is 52.6 Å². The minimum Gasteiger partial charge on any atom is -0.489 e. The zero-order valence-corrected chi connectivity index (χ0v) is 14.5. The maximum Gasteiger partial charge on any atom is 0.335 e. The van der Waals surface area contributed by atoms with Gasteiger partial charge in [-0.2, -0.15) is 0 Å². The zero-order chi connectivity index (χ0) is 18.4. The van der Waals surface area contributed by atoms with E-state index in [0.29, 0.717) is 13.2 Å². The van der Waals surface area contributed by atoms with Crippen LogP contribution in [-0.2, 0) is 18.0 Å². The van der Waals surface area contributed by atoms with Crippen molar-refractivity contribution in [1.29, 1.82) is 0 Å². The van der Waals surface area contributed by atoms with Crippen molar-refractivity contribution in [3.05, 3.63) is 89.5 Å². The average Bonchev–Trinajstić information content (AvgIpc) is 2.67. The van der Waals surface area contributed by atoms with Crippen LogP contribution in [-0.4, -0.2) is 18.2 Å². The fraction of sp³-hybridized carbons (Fsp3) is 0.136. The molecule has 0 atom stereocenters. The van der Waals surface area contributed by atoms with Crippen molar-refractivity contribution in [2.45, 2.75) is 13.2 Å². The average molecular weight is 348 g/mol. The summed E-state index contributed by atoms with van der Waals surface area (Å²) >= 11 is 0. The van der Waals surface area contributed by atoms with Crippen LogP contribution in [0.15, 0.2) is 72.8 Å². The van der Waals surface area contributed by atoms with Gasteiger partial charge in [-0.15, -0.1) is 0 Å². The third-order valence-corrected chi connectivity index (χ3v) is 4.01. The second kappa shape index (κ2) is 8.32. The van der Waals surface area contributed by atoms with Gasteiger partial charge in [0.1, 0.15) is 12.4 Å². The first kappa shape index (κ1) is 17.7. The van der Waals surface area contributed by atoms with Gasteiger partial charge in [0.25, 0.3) is 0 Å². The number of ether oxygens (including phenoxy) is 2. The molecule has 0 saturated heterocycles. The molecule has 0 aromatic heterocycles. The quantitative estimate of drug-likeness (QED) is 0.668. The minimum atomic E-state index is -0.938. The molecule has 3 aromatic rings. The van der Waals surface area contributed by atoms with Crippen LogP contribution < -0.4 is 4.74 Å². The van der Waals surface area contributed by atoms with Crippen molar-refractivity contribution in [3.8, 4) is 16.9 Å². The van der Waals surface area contributed by atoms with Crippen molar-refractivity contribution >= 4 is 5.97 Å². The van der Waals surface area contributed by atoms with Crippen molar-refractivity contribution in [2.24, 2.45) is 0 Å². The van der Waals surface area contributed by atoms with Gasteiger partial charge in [0, 0.05) is 7.11 Å². The fourth-order valence-corrected chi connectivity index (χ4v) is 2.71. The van der Waals surface area contributed by atoms with Crippen molar-refractivity contribution in [3.63, 3.8) is 0 Å². The van der Waals surface area contributed by atoms with E-state index in [1.807, 2.05) is 42.5 Å². The maximum absolute atomic E-state index is 11.0. The van der Waals surface area contributed by atoms with E-state index in [-0.39, 0.29) is 5.56 Å². The summed E-state index contributed by atoms with van der Waals surface area (Å²) in [5.41, 5.74) is 4.44. The number of hydrogen-bond donors (Lipinski definition) is 1. The molecule has 4 heteroatoms. The van der Waals surface area contributed by atoms with Crippen LogP contribution >= 0.6 is 0 Å². The Morgan fingerprint density at radius 3 is 2.23 bits per heavy atom. The molecule has 0 fully saturated rings.